The molecule has 214 valence electrons. The number of carbonyl (C=O) groups is 2. The highest BCUT2D eigenvalue weighted by molar-refractivity contribution is 6.31. The molecule has 0 radical (unpaired) electrons. The Morgan fingerprint density at radius 3 is 2.52 bits per heavy atom. The molecule has 6 unspecified atom stereocenters. The summed E-state index contributed by atoms with van der Waals surface area (Å²) in [5.41, 5.74) is 3.31. The van der Waals surface area contributed by atoms with Crippen molar-refractivity contribution in [3.63, 3.8) is 0 Å². The largest absolute Gasteiger partial charge is 0.479 e. The minimum absolute atomic E-state index is 0.0590. The summed E-state index contributed by atoms with van der Waals surface area (Å²) < 4.78 is 10.4. The fraction of sp³-hybridized carbons (Fsp3) is 0.393. The number of H-pyrrole nitrogens is 1. The third-order valence-corrected chi connectivity index (χ3v) is 7.23. The van der Waals surface area contributed by atoms with Gasteiger partial charge in [0.2, 0.25) is 5.91 Å². The normalized spacial score (nSPS) is 23.6. The first kappa shape index (κ1) is 29.7. The third-order valence-electron chi connectivity index (χ3n) is 6.89. The van der Waals surface area contributed by atoms with E-state index in [9.17, 15) is 29.7 Å². The van der Waals surface area contributed by atoms with Gasteiger partial charge in [-0.3, -0.25) is 9.59 Å². The topological polar surface area (TPSA) is 178 Å². The Bertz CT molecular complexity index is 1460. The number of amides is 1. The van der Waals surface area contributed by atoms with Gasteiger partial charge in [-0.15, -0.1) is 0 Å². The van der Waals surface area contributed by atoms with E-state index in [0.29, 0.717) is 16.1 Å². The van der Waals surface area contributed by atoms with Crippen molar-refractivity contribution in [2.75, 3.05) is 13.2 Å². The lowest BCUT2D eigenvalue weighted by molar-refractivity contribution is -0.293. The number of carbonyl (C=O) groups excluding carboxylic acids is 1. The standard InChI is InChI=1S/C28H31ClN2O9/c1-13-9-14(2)20-15(10-13)11-16(25(35)31-20)12-18(17-5-3-4-6-19(17)29)26(36)30-7-8-39-28-23(34)21(32)22(33)24(40-28)27(37)38/h3-6,9-11,18,21-24,28,32-34H,7-8,12H2,1-2H3,(H,30,36)(H,31,35)(H,37,38). The number of carboxylic acids is 1. The Labute approximate surface area is 234 Å². The molecule has 3 aromatic rings. The van der Waals surface area contributed by atoms with Gasteiger partial charge in [0, 0.05) is 17.1 Å². The maximum atomic E-state index is 13.4. The molecule has 1 aliphatic rings. The van der Waals surface area contributed by atoms with Crippen LogP contribution < -0.4 is 10.9 Å². The van der Waals surface area contributed by atoms with Crippen LogP contribution in [0.25, 0.3) is 10.9 Å². The van der Waals surface area contributed by atoms with Crippen molar-refractivity contribution in [1.29, 1.82) is 0 Å². The second-order valence-corrected chi connectivity index (χ2v) is 10.3. The van der Waals surface area contributed by atoms with E-state index in [0.717, 1.165) is 22.0 Å². The molecule has 1 aromatic heterocycles. The zero-order valence-electron chi connectivity index (χ0n) is 21.8. The van der Waals surface area contributed by atoms with Crippen LogP contribution in [0.4, 0.5) is 0 Å². The smallest absolute Gasteiger partial charge is 0.335 e. The Kier molecular flexibility index (Phi) is 9.24. The molecular weight excluding hydrogens is 544 g/mol. The number of halogens is 1. The molecule has 1 aliphatic heterocycles. The molecule has 0 saturated carbocycles. The van der Waals surface area contributed by atoms with E-state index in [1.54, 1.807) is 30.3 Å². The maximum Gasteiger partial charge on any atom is 0.335 e. The average Bonchev–Trinajstić information content (AvgIpc) is 2.90. The van der Waals surface area contributed by atoms with Gasteiger partial charge in [0.15, 0.2) is 12.4 Å². The van der Waals surface area contributed by atoms with Crippen LogP contribution in [0, 0.1) is 13.8 Å². The number of hydrogen-bond donors (Lipinski definition) is 6. The van der Waals surface area contributed by atoms with E-state index in [1.165, 1.54) is 0 Å². The van der Waals surface area contributed by atoms with Crippen molar-refractivity contribution in [1.82, 2.24) is 10.3 Å². The van der Waals surface area contributed by atoms with E-state index < -0.39 is 48.5 Å². The molecule has 12 heteroatoms. The Morgan fingerprint density at radius 1 is 1.10 bits per heavy atom. The first-order valence-electron chi connectivity index (χ1n) is 12.7. The summed E-state index contributed by atoms with van der Waals surface area (Å²) >= 11 is 6.42. The van der Waals surface area contributed by atoms with Crippen molar-refractivity contribution < 1.29 is 39.5 Å². The van der Waals surface area contributed by atoms with Crippen LogP contribution in [0.3, 0.4) is 0 Å². The number of nitrogens with one attached hydrogen (secondary N) is 2. The number of aliphatic hydroxyl groups is 3. The highest BCUT2D eigenvalue weighted by Crippen LogP contribution is 2.28. The Balaban J connectivity index is 1.49. The van der Waals surface area contributed by atoms with Crippen LogP contribution in [0.1, 0.15) is 28.2 Å². The van der Waals surface area contributed by atoms with Crippen LogP contribution in [-0.2, 0) is 25.5 Å². The molecule has 1 amide bonds. The van der Waals surface area contributed by atoms with Crippen LogP contribution in [0.2, 0.25) is 5.02 Å². The molecular formula is C28H31ClN2O9. The summed E-state index contributed by atoms with van der Waals surface area (Å²) in [6.07, 6.45) is -8.62. The number of aromatic amines is 1. The summed E-state index contributed by atoms with van der Waals surface area (Å²) in [6.45, 7) is 3.58. The highest BCUT2D eigenvalue weighted by Gasteiger charge is 2.47. The maximum absolute atomic E-state index is 13.4. The van der Waals surface area contributed by atoms with Crippen molar-refractivity contribution in [3.8, 4) is 0 Å². The Morgan fingerprint density at radius 2 is 1.82 bits per heavy atom. The number of aryl methyl sites for hydroxylation is 2. The minimum Gasteiger partial charge on any atom is -0.479 e. The molecule has 0 aliphatic carbocycles. The average molecular weight is 575 g/mol. The zero-order valence-corrected chi connectivity index (χ0v) is 22.6. The SMILES string of the molecule is Cc1cc(C)c2[nH]c(=O)c(CC(C(=O)NCCOC3OC(C(=O)O)C(O)C(O)C3O)c3ccccc3Cl)cc2c1. The minimum atomic E-state index is -1.84. The van der Waals surface area contributed by atoms with Crippen molar-refractivity contribution in [2.45, 2.75) is 56.9 Å². The molecule has 2 heterocycles. The number of ether oxygens (including phenoxy) is 2. The quantitative estimate of drug-likeness (QED) is 0.204. The number of aliphatic hydroxyl groups excluding tert-OH is 3. The van der Waals surface area contributed by atoms with E-state index in [1.807, 2.05) is 26.0 Å². The van der Waals surface area contributed by atoms with E-state index in [2.05, 4.69) is 10.3 Å². The number of aromatic nitrogens is 1. The fourth-order valence-corrected chi connectivity index (χ4v) is 5.13. The van der Waals surface area contributed by atoms with Gasteiger partial charge in [-0.2, -0.15) is 0 Å². The van der Waals surface area contributed by atoms with Gasteiger partial charge in [-0.25, -0.2) is 4.79 Å². The predicted molar refractivity (Wildman–Crippen MR) is 145 cm³/mol. The predicted octanol–water partition coefficient (Wildman–Crippen LogP) is 1.15. The van der Waals surface area contributed by atoms with Crippen LogP contribution in [0.5, 0.6) is 0 Å². The number of rotatable bonds is 9. The van der Waals surface area contributed by atoms with Gasteiger partial charge in [0.25, 0.3) is 5.56 Å². The van der Waals surface area contributed by atoms with Crippen LogP contribution in [0.15, 0.2) is 47.3 Å². The van der Waals surface area contributed by atoms with Gasteiger partial charge < -0.3 is 40.2 Å². The monoisotopic (exact) mass is 574 g/mol. The van der Waals surface area contributed by atoms with Crippen LogP contribution >= 0.6 is 11.6 Å². The lowest BCUT2D eigenvalue weighted by atomic mass is 9.90. The number of fused-ring (bicyclic) bond motifs is 1. The van der Waals surface area contributed by atoms with Gasteiger partial charge in [0.05, 0.1) is 18.0 Å². The fourth-order valence-electron chi connectivity index (χ4n) is 4.87. The van der Waals surface area contributed by atoms with E-state index >= 15 is 0 Å². The number of benzene rings is 2. The second kappa shape index (κ2) is 12.5. The molecule has 4 rings (SSSR count). The lowest BCUT2D eigenvalue weighted by Crippen LogP contribution is -2.60. The number of aliphatic carboxylic acids is 1. The van der Waals surface area contributed by atoms with E-state index in [4.69, 9.17) is 26.2 Å². The molecule has 0 bridgehead atoms. The number of hydrogen-bond acceptors (Lipinski definition) is 8. The summed E-state index contributed by atoms with van der Waals surface area (Å²) in [5, 5.41) is 42.9. The number of carboxylic acid groups (broad SMARTS) is 1. The summed E-state index contributed by atoms with van der Waals surface area (Å²) in [6, 6.07) is 12.5. The van der Waals surface area contributed by atoms with Gasteiger partial charge in [0.1, 0.15) is 18.3 Å². The Hall–Kier alpha value is -3.32. The second-order valence-electron chi connectivity index (χ2n) is 9.84. The molecule has 11 nitrogen and oxygen atoms in total. The summed E-state index contributed by atoms with van der Waals surface area (Å²) in [5.74, 6) is -2.81. The van der Waals surface area contributed by atoms with Crippen LogP contribution in [-0.4, -0.2) is 81.1 Å². The summed E-state index contributed by atoms with van der Waals surface area (Å²) in [4.78, 5) is 40.5. The molecule has 1 saturated heterocycles. The van der Waals surface area contributed by atoms with Gasteiger partial charge in [-0.1, -0.05) is 41.4 Å². The number of pyridine rings is 1. The molecule has 2 aromatic carbocycles. The third kappa shape index (κ3) is 6.35. The first-order chi connectivity index (χ1) is 19.0. The van der Waals surface area contributed by atoms with Gasteiger partial charge in [-0.05, 0) is 55.0 Å². The first-order valence-corrected chi connectivity index (χ1v) is 13.0. The molecule has 40 heavy (non-hydrogen) atoms. The molecule has 0 spiro atoms. The van der Waals surface area contributed by atoms with Crippen molar-refractivity contribution in [3.05, 3.63) is 80.1 Å². The van der Waals surface area contributed by atoms with Gasteiger partial charge >= 0.3 is 5.97 Å². The molecule has 6 atom stereocenters. The van der Waals surface area contributed by atoms with Crippen molar-refractivity contribution >= 4 is 34.4 Å². The van der Waals surface area contributed by atoms with E-state index in [-0.39, 0.29) is 25.1 Å². The lowest BCUT2D eigenvalue weighted by Gasteiger charge is -2.38. The highest BCUT2D eigenvalue weighted by atomic mass is 35.5. The molecule has 6 N–H and O–H groups in total. The zero-order chi connectivity index (χ0) is 29.1. The van der Waals surface area contributed by atoms with Crippen molar-refractivity contribution in [2.24, 2.45) is 0 Å². The summed E-state index contributed by atoms with van der Waals surface area (Å²) in [7, 11) is 0. The molecule has 1 fully saturated rings.